The Labute approximate surface area is 83.5 Å². The fourth-order valence-electron chi connectivity index (χ4n) is 1.60. The fourth-order valence-corrected chi connectivity index (χ4v) is 1.60. The van der Waals surface area contributed by atoms with Crippen LogP contribution in [-0.4, -0.2) is 12.1 Å². The van der Waals surface area contributed by atoms with Crippen molar-refractivity contribution in [1.29, 1.82) is 0 Å². The number of hydrogen-bond donors (Lipinski definition) is 0. The van der Waals surface area contributed by atoms with Crippen molar-refractivity contribution in [2.75, 3.05) is 7.11 Å². The first-order valence-corrected chi connectivity index (χ1v) is 4.69. The van der Waals surface area contributed by atoms with E-state index in [0.717, 1.165) is 5.52 Å². The van der Waals surface area contributed by atoms with Crippen LogP contribution in [0.25, 0.3) is 10.9 Å². The molecule has 0 fully saturated rings. The van der Waals surface area contributed by atoms with Crippen LogP contribution in [0.3, 0.4) is 0 Å². The zero-order chi connectivity index (χ0) is 9.97. The van der Waals surface area contributed by atoms with E-state index in [1.54, 1.807) is 7.11 Å². The lowest BCUT2D eigenvalue weighted by atomic mass is 10.1. The number of benzene rings is 1. The second kappa shape index (κ2) is 3.76. The van der Waals surface area contributed by atoms with E-state index in [2.05, 4.69) is 11.1 Å². The third-order valence-corrected chi connectivity index (χ3v) is 2.47. The Bertz CT molecular complexity index is 434. The Morgan fingerprint density at radius 3 is 2.79 bits per heavy atom. The summed E-state index contributed by atoms with van der Waals surface area (Å²) >= 11 is 0. The van der Waals surface area contributed by atoms with Gasteiger partial charge in [0, 0.05) is 18.7 Å². The van der Waals surface area contributed by atoms with Crippen molar-refractivity contribution in [3.8, 4) is 0 Å². The van der Waals surface area contributed by atoms with Crippen LogP contribution < -0.4 is 0 Å². The normalized spacial score (nSPS) is 13.0. The Morgan fingerprint density at radius 1 is 1.21 bits per heavy atom. The van der Waals surface area contributed by atoms with Crippen molar-refractivity contribution in [2.24, 2.45) is 0 Å². The molecule has 1 aromatic heterocycles. The van der Waals surface area contributed by atoms with Crippen LogP contribution in [0.15, 0.2) is 36.5 Å². The molecular formula is C12H13NO. The summed E-state index contributed by atoms with van der Waals surface area (Å²) in [5, 5.41) is 1.17. The topological polar surface area (TPSA) is 22.1 Å². The number of fused-ring (bicyclic) bond motifs is 1. The van der Waals surface area contributed by atoms with Gasteiger partial charge in [0.25, 0.3) is 0 Å². The number of aromatic nitrogens is 1. The van der Waals surface area contributed by atoms with Crippen molar-refractivity contribution >= 4 is 10.9 Å². The first-order valence-electron chi connectivity index (χ1n) is 4.69. The maximum absolute atomic E-state index is 5.32. The van der Waals surface area contributed by atoms with Crippen LogP contribution in [0.4, 0.5) is 0 Å². The molecule has 2 aromatic rings. The lowest BCUT2D eigenvalue weighted by molar-refractivity contribution is 0.120. The van der Waals surface area contributed by atoms with Crippen LogP contribution in [0.1, 0.15) is 18.6 Å². The lowest BCUT2D eigenvalue weighted by Crippen LogP contribution is -1.97. The molecule has 2 heteroatoms. The van der Waals surface area contributed by atoms with Gasteiger partial charge in [-0.15, -0.1) is 0 Å². The standard InChI is InChI=1S/C12H13NO/c1-9(14-2)10-7-8-13-12-6-4-3-5-11(10)12/h3-9H,1-2H3. The molecule has 2 rings (SSSR count). The predicted molar refractivity (Wildman–Crippen MR) is 57.2 cm³/mol. The van der Waals surface area contributed by atoms with E-state index in [1.165, 1.54) is 10.9 Å². The van der Waals surface area contributed by atoms with Crippen LogP contribution in [-0.2, 0) is 4.74 Å². The van der Waals surface area contributed by atoms with Gasteiger partial charge in [0.15, 0.2) is 0 Å². The number of rotatable bonds is 2. The molecule has 0 saturated heterocycles. The molecule has 0 radical (unpaired) electrons. The molecule has 2 nitrogen and oxygen atoms in total. The smallest absolute Gasteiger partial charge is 0.0800 e. The van der Waals surface area contributed by atoms with Crippen molar-refractivity contribution < 1.29 is 4.74 Å². The lowest BCUT2D eigenvalue weighted by Gasteiger charge is -2.11. The molecule has 0 amide bonds. The minimum Gasteiger partial charge on any atom is -0.377 e. The number of ether oxygens (including phenoxy) is 1. The summed E-state index contributed by atoms with van der Waals surface area (Å²) in [4.78, 5) is 4.30. The van der Waals surface area contributed by atoms with E-state index in [0.29, 0.717) is 0 Å². The van der Waals surface area contributed by atoms with Crippen LogP contribution in [0, 0.1) is 0 Å². The van der Waals surface area contributed by atoms with Gasteiger partial charge in [-0.1, -0.05) is 18.2 Å². The van der Waals surface area contributed by atoms with Crippen LogP contribution in [0.5, 0.6) is 0 Å². The Balaban J connectivity index is 2.65. The van der Waals surface area contributed by atoms with Gasteiger partial charge in [-0.2, -0.15) is 0 Å². The summed E-state index contributed by atoms with van der Waals surface area (Å²) in [7, 11) is 1.72. The number of pyridine rings is 1. The maximum Gasteiger partial charge on any atom is 0.0800 e. The first kappa shape index (κ1) is 9.16. The highest BCUT2D eigenvalue weighted by Crippen LogP contribution is 2.23. The summed E-state index contributed by atoms with van der Waals surface area (Å²) in [6, 6.07) is 10.1. The van der Waals surface area contributed by atoms with E-state index >= 15 is 0 Å². The minimum absolute atomic E-state index is 0.114. The van der Waals surface area contributed by atoms with Gasteiger partial charge >= 0.3 is 0 Å². The van der Waals surface area contributed by atoms with Crippen molar-refractivity contribution in [1.82, 2.24) is 4.98 Å². The summed E-state index contributed by atoms with van der Waals surface area (Å²) in [5.41, 5.74) is 2.21. The SMILES string of the molecule is COC(C)c1ccnc2ccccc12. The van der Waals surface area contributed by atoms with Crippen molar-refractivity contribution in [2.45, 2.75) is 13.0 Å². The molecule has 0 spiro atoms. The summed E-state index contributed by atoms with van der Waals surface area (Å²) in [5.74, 6) is 0. The monoisotopic (exact) mass is 187 g/mol. The molecule has 0 bridgehead atoms. The van der Waals surface area contributed by atoms with Crippen molar-refractivity contribution in [3.05, 3.63) is 42.1 Å². The molecule has 0 aliphatic rings. The Morgan fingerprint density at radius 2 is 2.00 bits per heavy atom. The highest BCUT2D eigenvalue weighted by Gasteiger charge is 2.07. The molecule has 72 valence electrons. The second-order valence-corrected chi connectivity index (χ2v) is 3.30. The molecule has 0 aliphatic carbocycles. The molecule has 1 atom stereocenters. The zero-order valence-corrected chi connectivity index (χ0v) is 8.40. The minimum atomic E-state index is 0.114. The Hall–Kier alpha value is -1.41. The molecule has 14 heavy (non-hydrogen) atoms. The van der Waals surface area contributed by atoms with E-state index < -0.39 is 0 Å². The molecule has 1 aromatic carbocycles. The average Bonchev–Trinajstić information content (AvgIpc) is 2.27. The summed E-state index contributed by atoms with van der Waals surface area (Å²) in [6.07, 6.45) is 1.94. The van der Waals surface area contributed by atoms with Crippen LogP contribution >= 0.6 is 0 Å². The van der Waals surface area contributed by atoms with Gasteiger partial charge in [-0.25, -0.2) is 0 Å². The molecule has 0 aliphatic heterocycles. The summed E-state index contributed by atoms with van der Waals surface area (Å²) in [6.45, 7) is 2.04. The van der Waals surface area contributed by atoms with Gasteiger partial charge in [0.05, 0.1) is 11.6 Å². The highest BCUT2D eigenvalue weighted by molar-refractivity contribution is 5.82. The number of para-hydroxylation sites is 1. The van der Waals surface area contributed by atoms with E-state index in [1.807, 2.05) is 37.4 Å². The van der Waals surface area contributed by atoms with Gasteiger partial charge < -0.3 is 4.74 Å². The zero-order valence-electron chi connectivity index (χ0n) is 8.40. The number of nitrogens with zero attached hydrogens (tertiary/aromatic N) is 1. The quantitative estimate of drug-likeness (QED) is 0.721. The van der Waals surface area contributed by atoms with Crippen molar-refractivity contribution in [3.63, 3.8) is 0 Å². The highest BCUT2D eigenvalue weighted by atomic mass is 16.5. The molecule has 0 N–H and O–H groups in total. The third-order valence-electron chi connectivity index (χ3n) is 2.47. The molecule has 1 heterocycles. The maximum atomic E-state index is 5.32. The van der Waals surface area contributed by atoms with E-state index in [9.17, 15) is 0 Å². The van der Waals surface area contributed by atoms with Crippen LogP contribution in [0.2, 0.25) is 0 Å². The largest absolute Gasteiger partial charge is 0.377 e. The molecule has 1 unspecified atom stereocenters. The average molecular weight is 187 g/mol. The third kappa shape index (κ3) is 1.49. The Kier molecular flexibility index (Phi) is 2.46. The number of methoxy groups -OCH3 is 1. The second-order valence-electron chi connectivity index (χ2n) is 3.30. The van der Waals surface area contributed by atoms with Gasteiger partial charge in [0.1, 0.15) is 0 Å². The molecular weight excluding hydrogens is 174 g/mol. The van der Waals surface area contributed by atoms with E-state index in [4.69, 9.17) is 4.74 Å². The van der Waals surface area contributed by atoms with E-state index in [-0.39, 0.29) is 6.10 Å². The van der Waals surface area contributed by atoms with Gasteiger partial charge in [-0.05, 0) is 24.6 Å². The molecule has 0 saturated carbocycles. The van der Waals surface area contributed by atoms with Gasteiger partial charge in [0.2, 0.25) is 0 Å². The summed E-state index contributed by atoms with van der Waals surface area (Å²) < 4.78 is 5.32. The fraction of sp³-hybridized carbons (Fsp3) is 0.250. The predicted octanol–water partition coefficient (Wildman–Crippen LogP) is 2.94. The van der Waals surface area contributed by atoms with Gasteiger partial charge in [-0.3, -0.25) is 4.98 Å². The number of hydrogen-bond acceptors (Lipinski definition) is 2. The first-order chi connectivity index (χ1) is 6.83.